The Balaban J connectivity index is 1.56. The minimum Gasteiger partial charge on any atom is -0.465 e. The summed E-state index contributed by atoms with van der Waals surface area (Å²) >= 11 is 0. The Morgan fingerprint density at radius 2 is 1.72 bits per heavy atom. The molecule has 1 amide bonds. The van der Waals surface area contributed by atoms with E-state index in [-0.39, 0.29) is 6.10 Å². The molecule has 0 radical (unpaired) electrons. The highest BCUT2D eigenvalue weighted by Gasteiger charge is 2.34. The summed E-state index contributed by atoms with van der Waals surface area (Å²) in [6.07, 6.45) is 6.35. The number of rotatable bonds is 4. The molecule has 1 aromatic rings. The summed E-state index contributed by atoms with van der Waals surface area (Å²) in [5.74, 6) is -0.398. The highest BCUT2D eigenvalue weighted by atomic mass is 16.6. The number of hydrogen-bond acceptors (Lipinski definition) is 5. The maximum Gasteiger partial charge on any atom is 0.411 e. The molecule has 1 aromatic carbocycles. The van der Waals surface area contributed by atoms with Crippen molar-refractivity contribution in [3.63, 3.8) is 0 Å². The SMILES string of the molecule is COC(=O)c1ccc(NC(=O)OC2CCCC[C@@H]2N2CCCC2)cc1. The molecule has 1 unspecified atom stereocenters. The zero-order valence-electron chi connectivity index (χ0n) is 14.7. The van der Waals surface area contributed by atoms with Gasteiger partial charge in [-0.2, -0.15) is 0 Å². The van der Waals surface area contributed by atoms with Gasteiger partial charge in [-0.25, -0.2) is 9.59 Å². The molecule has 1 N–H and O–H groups in total. The number of hydrogen-bond donors (Lipinski definition) is 1. The second-order valence-corrected chi connectivity index (χ2v) is 6.73. The van der Waals surface area contributed by atoms with Crippen molar-refractivity contribution in [2.75, 3.05) is 25.5 Å². The van der Waals surface area contributed by atoms with Crippen molar-refractivity contribution in [3.8, 4) is 0 Å². The molecule has 25 heavy (non-hydrogen) atoms. The Morgan fingerprint density at radius 3 is 2.40 bits per heavy atom. The molecule has 136 valence electrons. The molecular formula is C19H26N2O4. The summed E-state index contributed by atoms with van der Waals surface area (Å²) in [6.45, 7) is 2.22. The van der Waals surface area contributed by atoms with Crippen molar-refractivity contribution in [1.29, 1.82) is 0 Å². The van der Waals surface area contributed by atoms with E-state index in [2.05, 4.69) is 15.0 Å². The predicted molar refractivity (Wildman–Crippen MR) is 94.7 cm³/mol. The van der Waals surface area contributed by atoms with E-state index in [0.29, 0.717) is 17.3 Å². The normalized spacial score (nSPS) is 23.9. The van der Waals surface area contributed by atoms with Crippen LogP contribution < -0.4 is 5.32 Å². The maximum atomic E-state index is 12.3. The lowest BCUT2D eigenvalue weighted by Crippen LogP contribution is -2.46. The number of carbonyl (C=O) groups is 2. The van der Waals surface area contributed by atoms with Gasteiger partial charge in [-0.3, -0.25) is 10.2 Å². The van der Waals surface area contributed by atoms with Gasteiger partial charge in [-0.15, -0.1) is 0 Å². The molecule has 1 saturated heterocycles. The lowest BCUT2D eigenvalue weighted by molar-refractivity contribution is 0.0176. The van der Waals surface area contributed by atoms with Gasteiger partial charge in [0.2, 0.25) is 0 Å². The van der Waals surface area contributed by atoms with Crippen molar-refractivity contribution in [3.05, 3.63) is 29.8 Å². The van der Waals surface area contributed by atoms with Crippen LogP contribution in [0.4, 0.5) is 10.5 Å². The standard InChI is InChI=1S/C19H26N2O4/c1-24-18(22)14-8-10-15(11-9-14)20-19(23)25-17-7-3-2-6-16(17)21-12-4-5-13-21/h8-11,16-17H,2-7,12-13H2,1H3,(H,20,23)/t16-,17?/m0/s1. The van der Waals surface area contributed by atoms with Crippen molar-refractivity contribution in [1.82, 2.24) is 4.90 Å². The van der Waals surface area contributed by atoms with E-state index in [1.54, 1.807) is 24.3 Å². The van der Waals surface area contributed by atoms with Gasteiger partial charge >= 0.3 is 12.1 Å². The average Bonchev–Trinajstić information content (AvgIpc) is 3.16. The predicted octanol–water partition coefficient (Wildman–Crippen LogP) is 3.43. The van der Waals surface area contributed by atoms with Gasteiger partial charge in [0, 0.05) is 11.7 Å². The Hall–Kier alpha value is -2.08. The summed E-state index contributed by atoms with van der Waals surface area (Å²) in [5.41, 5.74) is 1.05. The fraction of sp³-hybridized carbons (Fsp3) is 0.579. The van der Waals surface area contributed by atoms with E-state index in [1.165, 1.54) is 26.4 Å². The van der Waals surface area contributed by atoms with Crippen LogP contribution in [0.25, 0.3) is 0 Å². The number of methoxy groups -OCH3 is 1. The third kappa shape index (κ3) is 4.51. The molecule has 1 saturated carbocycles. The molecule has 6 heteroatoms. The number of ether oxygens (including phenoxy) is 2. The summed E-state index contributed by atoms with van der Waals surface area (Å²) < 4.78 is 10.4. The number of likely N-dealkylation sites (tertiary alicyclic amines) is 1. The quantitative estimate of drug-likeness (QED) is 0.846. The lowest BCUT2D eigenvalue weighted by atomic mass is 9.91. The molecule has 0 bridgehead atoms. The summed E-state index contributed by atoms with van der Waals surface area (Å²) in [5, 5.41) is 2.75. The monoisotopic (exact) mass is 346 g/mol. The van der Waals surface area contributed by atoms with E-state index in [9.17, 15) is 9.59 Å². The zero-order chi connectivity index (χ0) is 17.6. The van der Waals surface area contributed by atoms with Crippen molar-refractivity contribution >= 4 is 17.7 Å². The smallest absolute Gasteiger partial charge is 0.411 e. The van der Waals surface area contributed by atoms with Crippen LogP contribution in [-0.2, 0) is 9.47 Å². The molecule has 1 aliphatic carbocycles. The van der Waals surface area contributed by atoms with Crippen LogP contribution >= 0.6 is 0 Å². The minimum atomic E-state index is -0.429. The molecule has 3 rings (SSSR count). The van der Waals surface area contributed by atoms with E-state index in [1.807, 2.05) is 0 Å². The van der Waals surface area contributed by atoms with Crippen LogP contribution in [0.2, 0.25) is 0 Å². The largest absolute Gasteiger partial charge is 0.465 e. The summed E-state index contributed by atoms with van der Waals surface area (Å²) in [6, 6.07) is 6.94. The van der Waals surface area contributed by atoms with Crippen molar-refractivity contribution in [2.45, 2.75) is 50.7 Å². The maximum absolute atomic E-state index is 12.3. The van der Waals surface area contributed by atoms with E-state index in [4.69, 9.17) is 4.74 Å². The number of amides is 1. The lowest BCUT2D eigenvalue weighted by Gasteiger charge is -2.37. The number of nitrogens with zero attached hydrogens (tertiary/aromatic N) is 1. The van der Waals surface area contributed by atoms with Gasteiger partial charge in [0.05, 0.1) is 12.7 Å². The Labute approximate surface area is 148 Å². The topological polar surface area (TPSA) is 67.9 Å². The Bertz CT molecular complexity index is 596. The third-order valence-electron chi connectivity index (χ3n) is 5.09. The highest BCUT2D eigenvalue weighted by Crippen LogP contribution is 2.28. The third-order valence-corrected chi connectivity index (χ3v) is 5.09. The van der Waals surface area contributed by atoms with Crippen molar-refractivity contribution in [2.24, 2.45) is 0 Å². The summed E-state index contributed by atoms with van der Waals surface area (Å²) in [7, 11) is 1.34. The second-order valence-electron chi connectivity index (χ2n) is 6.73. The molecule has 1 aliphatic heterocycles. The van der Waals surface area contributed by atoms with Gasteiger partial charge in [0.25, 0.3) is 0 Å². The second kappa shape index (κ2) is 8.34. The molecule has 2 fully saturated rings. The number of nitrogens with one attached hydrogen (secondary N) is 1. The number of esters is 1. The first kappa shape index (κ1) is 17.7. The minimum absolute atomic E-state index is 0.0406. The number of benzene rings is 1. The molecular weight excluding hydrogens is 320 g/mol. The van der Waals surface area contributed by atoms with Crippen LogP contribution in [0, 0.1) is 0 Å². The van der Waals surface area contributed by atoms with Crippen LogP contribution in [0.1, 0.15) is 48.9 Å². The Kier molecular flexibility index (Phi) is 5.91. The number of anilines is 1. The zero-order valence-corrected chi connectivity index (χ0v) is 14.7. The van der Waals surface area contributed by atoms with E-state index in [0.717, 1.165) is 32.4 Å². The molecule has 2 atom stereocenters. The van der Waals surface area contributed by atoms with Crippen molar-refractivity contribution < 1.29 is 19.1 Å². The molecule has 0 aromatic heterocycles. The fourth-order valence-electron chi connectivity index (χ4n) is 3.80. The molecule has 0 spiro atoms. The summed E-state index contributed by atoms with van der Waals surface area (Å²) in [4.78, 5) is 26.2. The van der Waals surface area contributed by atoms with Crippen LogP contribution in [0.15, 0.2) is 24.3 Å². The Morgan fingerprint density at radius 1 is 1.04 bits per heavy atom. The van der Waals surface area contributed by atoms with Crippen LogP contribution in [0.5, 0.6) is 0 Å². The van der Waals surface area contributed by atoms with E-state index >= 15 is 0 Å². The highest BCUT2D eigenvalue weighted by molar-refractivity contribution is 5.91. The molecule has 1 heterocycles. The first-order chi connectivity index (χ1) is 12.2. The first-order valence-corrected chi connectivity index (χ1v) is 9.07. The van der Waals surface area contributed by atoms with Gasteiger partial charge in [0.15, 0.2) is 0 Å². The van der Waals surface area contributed by atoms with E-state index < -0.39 is 12.1 Å². The fourth-order valence-corrected chi connectivity index (χ4v) is 3.80. The first-order valence-electron chi connectivity index (χ1n) is 9.07. The van der Waals surface area contributed by atoms with Gasteiger partial charge in [0.1, 0.15) is 6.10 Å². The molecule has 2 aliphatic rings. The average molecular weight is 346 g/mol. The van der Waals surface area contributed by atoms with Crippen LogP contribution in [-0.4, -0.2) is 49.3 Å². The number of carbonyl (C=O) groups excluding carboxylic acids is 2. The van der Waals surface area contributed by atoms with Gasteiger partial charge in [-0.1, -0.05) is 6.42 Å². The van der Waals surface area contributed by atoms with Crippen LogP contribution in [0.3, 0.4) is 0 Å². The molecule has 6 nitrogen and oxygen atoms in total. The van der Waals surface area contributed by atoms with Gasteiger partial charge < -0.3 is 9.47 Å². The van der Waals surface area contributed by atoms with Gasteiger partial charge in [-0.05, 0) is 69.5 Å².